The van der Waals surface area contributed by atoms with E-state index in [0.29, 0.717) is 6.54 Å². The molecule has 0 spiro atoms. The summed E-state index contributed by atoms with van der Waals surface area (Å²) in [5, 5.41) is 6.10. The summed E-state index contributed by atoms with van der Waals surface area (Å²) in [6.45, 7) is 9.90. The summed E-state index contributed by atoms with van der Waals surface area (Å²) in [6, 6.07) is 0.198. The van der Waals surface area contributed by atoms with E-state index in [1.807, 2.05) is 6.92 Å². The molecule has 1 saturated heterocycles. The van der Waals surface area contributed by atoms with Crippen molar-refractivity contribution in [3.05, 3.63) is 0 Å². The molecule has 0 aromatic heterocycles. The maximum Gasteiger partial charge on any atom is 0.234 e. The molecule has 1 rings (SSSR count). The molecule has 0 aromatic carbocycles. The van der Waals surface area contributed by atoms with Crippen molar-refractivity contribution in [2.24, 2.45) is 0 Å². The van der Waals surface area contributed by atoms with E-state index in [1.54, 1.807) is 0 Å². The Kier molecular flexibility index (Phi) is 7.16. The Labute approximate surface area is 104 Å². The van der Waals surface area contributed by atoms with Crippen LogP contribution in [0.15, 0.2) is 0 Å². The monoisotopic (exact) mass is 243 g/mol. The van der Waals surface area contributed by atoms with Crippen LogP contribution in [0.3, 0.4) is 0 Å². The van der Waals surface area contributed by atoms with Crippen LogP contribution in [0.25, 0.3) is 0 Å². The Morgan fingerprint density at radius 1 is 1.41 bits per heavy atom. The van der Waals surface area contributed by atoms with E-state index in [0.717, 1.165) is 45.8 Å². The van der Waals surface area contributed by atoms with Crippen molar-refractivity contribution in [3.63, 3.8) is 0 Å². The van der Waals surface area contributed by atoms with Gasteiger partial charge in [-0.2, -0.15) is 0 Å². The topological polar surface area (TPSA) is 53.6 Å². The van der Waals surface area contributed by atoms with Gasteiger partial charge in [-0.1, -0.05) is 6.92 Å². The highest BCUT2D eigenvalue weighted by Crippen LogP contribution is 1.98. The fourth-order valence-electron chi connectivity index (χ4n) is 1.92. The highest BCUT2D eigenvalue weighted by molar-refractivity contribution is 5.78. The largest absolute Gasteiger partial charge is 0.379 e. The first kappa shape index (κ1) is 14.4. The molecule has 1 heterocycles. The predicted octanol–water partition coefficient (Wildman–Crippen LogP) is -0.177. The Bertz CT molecular complexity index is 218. The third kappa shape index (κ3) is 6.61. The summed E-state index contributed by atoms with van der Waals surface area (Å²) >= 11 is 0. The van der Waals surface area contributed by atoms with E-state index in [9.17, 15) is 4.79 Å². The lowest BCUT2D eigenvalue weighted by atomic mass is 10.3. The molecule has 1 unspecified atom stereocenters. The molecule has 0 aromatic rings. The number of rotatable bonds is 7. The average Bonchev–Trinajstić information content (AvgIpc) is 2.30. The van der Waals surface area contributed by atoms with Crippen molar-refractivity contribution in [1.82, 2.24) is 15.5 Å². The summed E-state index contributed by atoms with van der Waals surface area (Å²) < 4.78 is 5.29. The highest BCUT2D eigenvalue weighted by atomic mass is 16.5. The van der Waals surface area contributed by atoms with Crippen molar-refractivity contribution in [2.75, 3.05) is 45.9 Å². The SMILES string of the molecule is CCCNCC(=O)NC(C)CN1CCOCC1. The molecule has 17 heavy (non-hydrogen) atoms. The maximum atomic E-state index is 11.6. The van der Waals surface area contributed by atoms with Crippen LogP contribution in [-0.4, -0.2) is 62.8 Å². The van der Waals surface area contributed by atoms with E-state index in [2.05, 4.69) is 22.5 Å². The van der Waals surface area contributed by atoms with Gasteiger partial charge in [-0.15, -0.1) is 0 Å². The molecule has 5 heteroatoms. The summed E-state index contributed by atoms with van der Waals surface area (Å²) in [7, 11) is 0. The van der Waals surface area contributed by atoms with E-state index < -0.39 is 0 Å². The van der Waals surface area contributed by atoms with Crippen LogP contribution in [0.2, 0.25) is 0 Å². The molecule has 0 radical (unpaired) electrons. The molecule has 0 aliphatic carbocycles. The number of nitrogens with zero attached hydrogens (tertiary/aromatic N) is 1. The van der Waals surface area contributed by atoms with Gasteiger partial charge >= 0.3 is 0 Å². The second-order valence-corrected chi connectivity index (χ2v) is 4.56. The van der Waals surface area contributed by atoms with Gasteiger partial charge in [0.2, 0.25) is 5.91 Å². The Balaban J connectivity index is 2.10. The molecule has 2 N–H and O–H groups in total. The second-order valence-electron chi connectivity index (χ2n) is 4.56. The van der Waals surface area contributed by atoms with Gasteiger partial charge in [0.1, 0.15) is 0 Å². The Morgan fingerprint density at radius 2 is 2.12 bits per heavy atom. The quantitative estimate of drug-likeness (QED) is 0.609. The molecular weight excluding hydrogens is 218 g/mol. The Hall–Kier alpha value is -0.650. The summed E-state index contributed by atoms with van der Waals surface area (Å²) in [5.74, 6) is 0.0826. The van der Waals surface area contributed by atoms with Crippen molar-refractivity contribution in [3.8, 4) is 0 Å². The number of hydrogen-bond donors (Lipinski definition) is 2. The van der Waals surface area contributed by atoms with Gasteiger partial charge in [-0.25, -0.2) is 0 Å². The fourth-order valence-corrected chi connectivity index (χ4v) is 1.92. The minimum absolute atomic E-state index is 0.0826. The van der Waals surface area contributed by atoms with Gasteiger partial charge in [-0.05, 0) is 19.9 Å². The van der Waals surface area contributed by atoms with Crippen LogP contribution in [0.5, 0.6) is 0 Å². The van der Waals surface area contributed by atoms with Gasteiger partial charge in [0.05, 0.1) is 19.8 Å². The minimum atomic E-state index is 0.0826. The van der Waals surface area contributed by atoms with Crippen molar-refractivity contribution in [1.29, 1.82) is 0 Å². The summed E-state index contributed by atoms with van der Waals surface area (Å²) in [4.78, 5) is 13.9. The smallest absolute Gasteiger partial charge is 0.234 e. The third-order valence-electron chi connectivity index (χ3n) is 2.76. The lowest BCUT2D eigenvalue weighted by molar-refractivity contribution is -0.121. The number of hydrogen-bond acceptors (Lipinski definition) is 4. The van der Waals surface area contributed by atoms with E-state index >= 15 is 0 Å². The molecule has 1 fully saturated rings. The van der Waals surface area contributed by atoms with E-state index in [4.69, 9.17) is 4.74 Å². The standard InChI is InChI=1S/C12H25N3O2/c1-3-4-13-9-12(16)14-11(2)10-15-5-7-17-8-6-15/h11,13H,3-10H2,1-2H3,(H,14,16). The molecule has 0 bridgehead atoms. The van der Waals surface area contributed by atoms with Gasteiger partial charge in [0.25, 0.3) is 0 Å². The molecular formula is C12H25N3O2. The molecule has 1 amide bonds. The van der Waals surface area contributed by atoms with Crippen molar-refractivity contribution >= 4 is 5.91 Å². The molecule has 0 saturated carbocycles. The molecule has 1 aliphatic rings. The first-order valence-corrected chi connectivity index (χ1v) is 6.52. The second kappa shape index (κ2) is 8.44. The Morgan fingerprint density at radius 3 is 2.76 bits per heavy atom. The zero-order valence-electron chi connectivity index (χ0n) is 11.0. The van der Waals surface area contributed by atoms with E-state index in [-0.39, 0.29) is 11.9 Å². The number of carbonyl (C=O) groups is 1. The lowest BCUT2D eigenvalue weighted by Crippen LogP contribution is -2.47. The van der Waals surface area contributed by atoms with Gasteiger partial charge in [0, 0.05) is 25.7 Å². The van der Waals surface area contributed by atoms with Crippen LogP contribution >= 0.6 is 0 Å². The van der Waals surface area contributed by atoms with Crippen molar-refractivity contribution < 1.29 is 9.53 Å². The van der Waals surface area contributed by atoms with Gasteiger partial charge < -0.3 is 15.4 Å². The van der Waals surface area contributed by atoms with Gasteiger partial charge in [-0.3, -0.25) is 9.69 Å². The van der Waals surface area contributed by atoms with Crippen LogP contribution in [-0.2, 0) is 9.53 Å². The number of amides is 1. The minimum Gasteiger partial charge on any atom is -0.379 e. The maximum absolute atomic E-state index is 11.6. The first-order chi connectivity index (χ1) is 8.22. The average molecular weight is 243 g/mol. The zero-order valence-corrected chi connectivity index (χ0v) is 11.0. The number of ether oxygens (including phenoxy) is 1. The lowest BCUT2D eigenvalue weighted by Gasteiger charge is -2.29. The van der Waals surface area contributed by atoms with Crippen LogP contribution in [0.1, 0.15) is 20.3 Å². The van der Waals surface area contributed by atoms with Crippen LogP contribution < -0.4 is 10.6 Å². The summed E-state index contributed by atoms with van der Waals surface area (Å²) in [6.07, 6.45) is 1.05. The van der Waals surface area contributed by atoms with E-state index in [1.165, 1.54) is 0 Å². The number of carbonyl (C=O) groups excluding carboxylic acids is 1. The van der Waals surface area contributed by atoms with Crippen LogP contribution in [0.4, 0.5) is 0 Å². The molecule has 1 atom stereocenters. The predicted molar refractivity (Wildman–Crippen MR) is 68.0 cm³/mol. The zero-order chi connectivity index (χ0) is 12.5. The van der Waals surface area contributed by atoms with Crippen molar-refractivity contribution in [2.45, 2.75) is 26.3 Å². The highest BCUT2D eigenvalue weighted by Gasteiger charge is 2.14. The number of morpholine rings is 1. The molecule has 100 valence electrons. The van der Waals surface area contributed by atoms with Crippen LogP contribution in [0, 0.1) is 0 Å². The third-order valence-corrected chi connectivity index (χ3v) is 2.76. The fraction of sp³-hybridized carbons (Fsp3) is 0.917. The van der Waals surface area contributed by atoms with Gasteiger partial charge in [0.15, 0.2) is 0 Å². The molecule has 1 aliphatic heterocycles. The first-order valence-electron chi connectivity index (χ1n) is 6.52. The number of nitrogens with one attached hydrogen (secondary N) is 2. The molecule has 5 nitrogen and oxygen atoms in total. The summed E-state index contributed by atoms with van der Waals surface area (Å²) in [5.41, 5.74) is 0. The normalized spacial score (nSPS) is 18.9.